The fourth-order valence-corrected chi connectivity index (χ4v) is 1.28. The predicted octanol–water partition coefficient (Wildman–Crippen LogP) is 1.39. The first-order chi connectivity index (χ1) is 5.65. The standard InChI is InChI=1S/C9H15N3/c1-2-3-7-8(11)4-6(10)5-9(7)12/h4-5H,2-3,10-12H2,1H3. The third kappa shape index (κ3) is 1.61. The maximum Gasteiger partial charge on any atom is 0.0387 e. The molecule has 0 saturated heterocycles. The largest absolute Gasteiger partial charge is 0.399 e. The zero-order chi connectivity index (χ0) is 9.14. The average molecular weight is 165 g/mol. The highest BCUT2D eigenvalue weighted by atomic mass is 14.7. The molecule has 3 nitrogen and oxygen atoms in total. The van der Waals surface area contributed by atoms with Crippen LogP contribution in [0.5, 0.6) is 0 Å². The van der Waals surface area contributed by atoms with Gasteiger partial charge in [0.15, 0.2) is 0 Å². The first-order valence-corrected chi connectivity index (χ1v) is 4.08. The van der Waals surface area contributed by atoms with Gasteiger partial charge in [0.25, 0.3) is 0 Å². The van der Waals surface area contributed by atoms with Gasteiger partial charge in [-0.3, -0.25) is 0 Å². The van der Waals surface area contributed by atoms with Crippen LogP contribution in [0.15, 0.2) is 12.1 Å². The summed E-state index contributed by atoms with van der Waals surface area (Å²) in [6.45, 7) is 2.09. The van der Waals surface area contributed by atoms with Crippen LogP contribution < -0.4 is 17.2 Å². The fourth-order valence-electron chi connectivity index (χ4n) is 1.28. The molecular weight excluding hydrogens is 150 g/mol. The van der Waals surface area contributed by atoms with E-state index < -0.39 is 0 Å². The maximum atomic E-state index is 5.75. The van der Waals surface area contributed by atoms with Crippen LogP contribution in [0, 0.1) is 0 Å². The lowest BCUT2D eigenvalue weighted by atomic mass is 10.1. The number of rotatable bonds is 2. The first kappa shape index (κ1) is 8.71. The Morgan fingerprint density at radius 1 is 1.08 bits per heavy atom. The van der Waals surface area contributed by atoms with Gasteiger partial charge in [0, 0.05) is 17.1 Å². The molecule has 3 heteroatoms. The number of benzene rings is 1. The number of nitrogens with two attached hydrogens (primary N) is 3. The van der Waals surface area contributed by atoms with Crippen molar-refractivity contribution in [1.29, 1.82) is 0 Å². The Kier molecular flexibility index (Phi) is 2.43. The van der Waals surface area contributed by atoms with Crippen LogP contribution in [-0.4, -0.2) is 0 Å². The summed E-state index contributed by atoms with van der Waals surface area (Å²) in [6.07, 6.45) is 1.95. The monoisotopic (exact) mass is 165 g/mol. The molecule has 0 fully saturated rings. The summed E-state index contributed by atoms with van der Waals surface area (Å²) in [6, 6.07) is 3.50. The van der Waals surface area contributed by atoms with E-state index in [0.29, 0.717) is 17.1 Å². The number of anilines is 3. The van der Waals surface area contributed by atoms with Crippen molar-refractivity contribution >= 4 is 17.1 Å². The third-order valence-electron chi connectivity index (χ3n) is 1.84. The van der Waals surface area contributed by atoms with Crippen LogP contribution in [0.25, 0.3) is 0 Å². The zero-order valence-electron chi connectivity index (χ0n) is 7.30. The third-order valence-corrected chi connectivity index (χ3v) is 1.84. The summed E-state index contributed by atoms with van der Waals surface area (Å²) in [4.78, 5) is 0. The van der Waals surface area contributed by atoms with Crippen molar-refractivity contribution in [2.24, 2.45) is 0 Å². The summed E-state index contributed by atoms with van der Waals surface area (Å²) >= 11 is 0. The fraction of sp³-hybridized carbons (Fsp3) is 0.333. The molecule has 0 unspecified atom stereocenters. The quantitative estimate of drug-likeness (QED) is 0.579. The Hall–Kier alpha value is -1.38. The molecule has 0 spiro atoms. The highest BCUT2D eigenvalue weighted by Crippen LogP contribution is 2.24. The summed E-state index contributed by atoms with van der Waals surface area (Å²) in [7, 11) is 0. The summed E-state index contributed by atoms with van der Waals surface area (Å²) < 4.78 is 0. The highest BCUT2D eigenvalue weighted by molar-refractivity contribution is 5.68. The maximum absolute atomic E-state index is 5.75. The van der Waals surface area contributed by atoms with E-state index in [1.54, 1.807) is 12.1 Å². The minimum atomic E-state index is 0.629. The van der Waals surface area contributed by atoms with Gasteiger partial charge < -0.3 is 17.2 Å². The van der Waals surface area contributed by atoms with Gasteiger partial charge >= 0.3 is 0 Å². The van der Waals surface area contributed by atoms with Crippen molar-refractivity contribution in [1.82, 2.24) is 0 Å². The van der Waals surface area contributed by atoms with Crippen LogP contribution in [0.4, 0.5) is 17.1 Å². The van der Waals surface area contributed by atoms with Gasteiger partial charge in [-0.25, -0.2) is 0 Å². The van der Waals surface area contributed by atoms with Gasteiger partial charge in [-0.05, 0) is 24.1 Å². The molecule has 0 bridgehead atoms. The van der Waals surface area contributed by atoms with Crippen LogP contribution in [0.2, 0.25) is 0 Å². The molecule has 0 atom stereocenters. The minimum absolute atomic E-state index is 0.629. The van der Waals surface area contributed by atoms with Crippen LogP contribution in [0.1, 0.15) is 18.9 Å². The molecular formula is C9H15N3. The lowest BCUT2D eigenvalue weighted by Crippen LogP contribution is -2.01. The molecule has 0 aromatic heterocycles. The molecule has 1 aromatic carbocycles. The van der Waals surface area contributed by atoms with E-state index in [2.05, 4.69) is 6.92 Å². The first-order valence-electron chi connectivity index (χ1n) is 4.08. The molecule has 12 heavy (non-hydrogen) atoms. The molecule has 0 amide bonds. The van der Waals surface area contributed by atoms with Crippen molar-refractivity contribution in [2.45, 2.75) is 19.8 Å². The molecule has 1 aromatic rings. The Labute approximate surface area is 72.5 Å². The van der Waals surface area contributed by atoms with Gasteiger partial charge in [0.1, 0.15) is 0 Å². The van der Waals surface area contributed by atoms with E-state index in [4.69, 9.17) is 17.2 Å². The van der Waals surface area contributed by atoms with Gasteiger partial charge in [0.05, 0.1) is 0 Å². The molecule has 0 saturated carbocycles. The second-order valence-corrected chi connectivity index (χ2v) is 2.93. The second-order valence-electron chi connectivity index (χ2n) is 2.93. The smallest absolute Gasteiger partial charge is 0.0387 e. The molecule has 6 N–H and O–H groups in total. The van der Waals surface area contributed by atoms with Crippen molar-refractivity contribution < 1.29 is 0 Å². The highest BCUT2D eigenvalue weighted by Gasteiger charge is 2.03. The molecule has 1 rings (SSSR count). The number of hydrogen-bond acceptors (Lipinski definition) is 3. The molecule has 0 aliphatic rings. The van der Waals surface area contributed by atoms with Gasteiger partial charge in [-0.15, -0.1) is 0 Å². The average Bonchev–Trinajstić information content (AvgIpc) is 1.96. The molecule has 66 valence electrons. The van der Waals surface area contributed by atoms with Crippen LogP contribution >= 0.6 is 0 Å². The van der Waals surface area contributed by atoms with Crippen molar-refractivity contribution in [3.05, 3.63) is 17.7 Å². The van der Waals surface area contributed by atoms with E-state index in [9.17, 15) is 0 Å². The summed E-state index contributed by atoms with van der Waals surface area (Å²) in [5.41, 5.74) is 20.1. The topological polar surface area (TPSA) is 78.1 Å². The normalized spacial score (nSPS) is 10.1. The Balaban J connectivity index is 3.10. The van der Waals surface area contributed by atoms with E-state index in [0.717, 1.165) is 18.4 Å². The Morgan fingerprint density at radius 3 is 2.00 bits per heavy atom. The van der Waals surface area contributed by atoms with Crippen LogP contribution in [-0.2, 0) is 6.42 Å². The van der Waals surface area contributed by atoms with E-state index >= 15 is 0 Å². The number of hydrogen-bond donors (Lipinski definition) is 3. The molecule has 0 aliphatic carbocycles. The summed E-state index contributed by atoms with van der Waals surface area (Å²) in [5.74, 6) is 0. The Bertz CT molecular complexity index is 258. The molecule has 0 aliphatic heterocycles. The van der Waals surface area contributed by atoms with Crippen molar-refractivity contribution in [3.63, 3.8) is 0 Å². The molecule has 0 radical (unpaired) electrons. The lowest BCUT2D eigenvalue weighted by molar-refractivity contribution is 0.927. The van der Waals surface area contributed by atoms with E-state index in [1.165, 1.54) is 0 Å². The van der Waals surface area contributed by atoms with Crippen molar-refractivity contribution in [3.8, 4) is 0 Å². The van der Waals surface area contributed by atoms with E-state index in [-0.39, 0.29) is 0 Å². The summed E-state index contributed by atoms with van der Waals surface area (Å²) in [5, 5.41) is 0. The number of nitrogen functional groups attached to an aromatic ring is 3. The molecule has 0 heterocycles. The Morgan fingerprint density at radius 2 is 1.58 bits per heavy atom. The van der Waals surface area contributed by atoms with Gasteiger partial charge in [0.2, 0.25) is 0 Å². The van der Waals surface area contributed by atoms with E-state index in [1.807, 2.05) is 0 Å². The zero-order valence-corrected chi connectivity index (χ0v) is 7.30. The predicted molar refractivity (Wildman–Crippen MR) is 53.7 cm³/mol. The van der Waals surface area contributed by atoms with Crippen molar-refractivity contribution in [2.75, 3.05) is 17.2 Å². The SMILES string of the molecule is CCCc1c(N)cc(N)cc1N. The lowest BCUT2D eigenvalue weighted by Gasteiger charge is -2.08. The minimum Gasteiger partial charge on any atom is -0.399 e. The second kappa shape index (κ2) is 3.34. The van der Waals surface area contributed by atoms with Gasteiger partial charge in [-0.2, -0.15) is 0 Å². The van der Waals surface area contributed by atoms with Crippen LogP contribution in [0.3, 0.4) is 0 Å². The van der Waals surface area contributed by atoms with Gasteiger partial charge in [-0.1, -0.05) is 13.3 Å².